The Bertz CT molecular complexity index is 394. The summed E-state index contributed by atoms with van der Waals surface area (Å²) >= 11 is 0. The van der Waals surface area contributed by atoms with Gasteiger partial charge in [-0.25, -0.2) is 0 Å². The monoisotopic (exact) mass is 241 g/mol. The zero-order valence-corrected chi connectivity index (χ0v) is 10.0. The van der Waals surface area contributed by atoms with Crippen LogP contribution in [0.25, 0.3) is 0 Å². The van der Waals surface area contributed by atoms with Crippen LogP contribution in [0.5, 0.6) is 5.75 Å². The Balaban J connectivity index is 0.00000128. The number of carbonyl (C=O) groups is 1. The van der Waals surface area contributed by atoms with Crippen LogP contribution in [0.15, 0.2) is 24.3 Å². The van der Waals surface area contributed by atoms with E-state index in [0.29, 0.717) is 19.4 Å². The predicted molar refractivity (Wildman–Crippen MR) is 65.0 cm³/mol. The van der Waals surface area contributed by atoms with Gasteiger partial charge in [0.2, 0.25) is 0 Å². The molecule has 0 saturated carbocycles. The maximum atomic E-state index is 11.4. The molecule has 0 aliphatic carbocycles. The third-order valence-electron chi connectivity index (χ3n) is 2.97. The fourth-order valence-electron chi connectivity index (χ4n) is 2.15. The van der Waals surface area contributed by atoms with Gasteiger partial charge >= 0.3 is 0 Å². The maximum Gasteiger partial charge on any atom is 0.136 e. The molecule has 0 aromatic heterocycles. The summed E-state index contributed by atoms with van der Waals surface area (Å²) < 4.78 is 0. The lowest BCUT2D eigenvalue weighted by Gasteiger charge is -2.35. The normalized spacial score (nSPS) is 24.9. The molecule has 1 aromatic rings. The van der Waals surface area contributed by atoms with Crippen LogP contribution >= 0.6 is 12.4 Å². The first-order chi connectivity index (χ1) is 7.12. The third kappa shape index (κ3) is 2.36. The van der Waals surface area contributed by atoms with Gasteiger partial charge in [0.15, 0.2) is 0 Å². The number of hydrogen-bond acceptors (Lipinski definition) is 3. The van der Waals surface area contributed by atoms with Crippen molar-refractivity contribution in [1.82, 2.24) is 5.32 Å². The molecular formula is C12H16ClNO2. The molecule has 16 heavy (non-hydrogen) atoms. The van der Waals surface area contributed by atoms with Crippen molar-refractivity contribution in [1.29, 1.82) is 0 Å². The molecule has 1 aliphatic heterocycles. The van der Waals surface area contributed by atoms with Crippen molar-refractivity contribution in [3.05, 3.63) is 29.8 Å². The van der Waals surface area contributed by atoms with E-state index in [9.17, 15) is 9.90 Å². The molecular weight excluding hydrogens is 226 g/mol. The Morgan fingerprint density at radius 2 is 2.06 bits per heavy atom. The first-order valence-electron chi connectivity index (χ1n) is 5.17. The van der Waals surface area contributed by atoms with E-state index in [1.807, 2.05) is 19.1 Å². The number of nitrogens with one attached hydrogen (secondary N) is 1. The Morgan fingerprint density at radius 1 is 1.38 bits per heavy atom. The van der Waals surface area contributed by atoms with Crippen LogP contribution < -0.4 is 5.32 Å². The molecule has 1 unspecified atom stereocenters. The van der Waals surface area contributed by atoms with Crippen molar-refractivity contribution in [2.24, 2.45) is 0 Å². The Morgan fingerprint density at radius 3 is 2.69 bits per heavy atom. The predicted octanol–water partition coefficient (Wildman–Crippen LogP) is 1.98. The molecule has 88 valence electrons. The van der Waals surface area contributed by atoms with Crippen molar-refractivity contribution in [3.8, 4) is 5.75 Å². The second kappa shape index (κ2) is 4.85. The van der Waals surface area contributed by atoms with Gasteiger partial charge < -0.3 is 10.4 Å². The first-order valence-corrected chi connectivity index (χ1v) is 5.17. The molecule has 3 nitrogen and oxygen atoms in total. The minimum Gasteiger partial charge on any atom is -0.508 e. The highest BCUT2D eigenvalue weighted by atomic mass is 35.5. The second-order valence-electron chi connectivity index (χ2n) is 4.24. The van der Waals surface area contributed by atoms with E-state index in [2.05, 4.69) is 5.32 Å². The van der Waals surface area contributed by atoms with Crippen LogP contribution in [0.4, 0.5) is 0 Å². The van der Waals surface area contributed by atoms with E-state index in [1.165, 1.54) is 0 Å². The zero-order chi connectivity index (χ0) is 10.9. The summed E-state index contributed by atoms with van der Waals surface area (Å²) in [4.78, 5) is 11.4. The molecule has 1 heterocycles. The maximum absolute atomic E-state index is 11.4. The Kier molecular flexibility index (Phi) is 3.94. The highest BCUT2D eigenvalue weighted by Crippen LogP contribution is 2.33. The number of piperidine rings is 1. The number of rotatable bonds is 1. The molecule has 1 aromatic carbocycles. The number of phenolic OH excluding ortho intramolecular Hbond substituents is 1. The third-order valence-corrected chi connectivity index (χ3v) is 2.97. The zero-order valence-electron chi connectivity index (χ0n) is 9.19. The Hall–Kier alpha value is -1.06. The van der Waals surface area contributed by atoms with Crippen LogP contribution in [-0.2, 0) is 10.3 Å². The molecule has 1 aliphatic rings. The first kappa shape index (κ1) is 13.0. The molecule has 4 heteroatoms. The number of para-hydroxylation sites is 1. The molecule has 2 rings (SSSR count). The number of benzene rings is 1. The van der Waals surface area contributed by atoms with Crippen molar-refractivity contribution >= 4 is 18.2 Å². The van der Waals surface area contributed by atoms with Crippen molar-refractivity contribution in [2.45, 2.75) is 25.3 Å². The minimum absolute atomic E-state index is 0. The van der Waals surface area contributed by atoms with Gasteiger partial charge in [0.25, 0.3) is 0 Å². The van der Waals surface area contributed by atoms with Crippen LogP contribution in [0, 0.1) is 0 Å². The number of Topliss-reactive ketones (excluding diaryl/α,β-unsaturated/α-hetero) is 1. The van der Waals surface area contributed by atoms with Gasteiger partial charge in [0, 0.05) is 24.9 Å². The van der Waals surface area contributed by atoms with Crippen molar-refractivity contribution in [2.75, 3.05) is 6.54 Å². The summed E-state index contributed by atoms with van der Waals surface area (Å²) in [7, 11) is 0. The average molecular weight is 242 g/mol. The average Bonchev–Trinajstić information content (AvgIpc) is 2.17. The van der Waals surface area contributed by atoms with E-state index in [1.54, 1.807) is 12.1 Å². The molecule has 0 spiro atoms. The van der Waals surface area contributed by atoms with Crippen molar-refractivity contribution < 1.29 is 9.90 Å². The molecule has 1 atom stereocenters. The summed E-state index contributed by atoms with van der Waals surface area (Å²) in [6, 6.07) is 7.18. The highest BCUT2D eigenvalue weighted by Gasteiger charge is 2.34. The van der Waals surface area contributed by atoms with E-state index in [4.69, 9.17) is 0 Å². The Labute approximate surface area is 101 Å². The SMILES string of the molecule is CC1(c2ccccc2O)CC(=O)CCN1.Cl. The smallest absolute Gasteiger partial charge is 0.136 e. The summed E-state index contributed by atoms with van der Waals surface area (Å²) in [5, 5.41) is 13.1. The summed E-state index contributed by atoms with van der Waals surface area (Å²) in [6.07, 6.45) is 1.04. The van der Waals surface area contributed by atoms with E-state index >= 15 is 0 Å². The lowest BCUT2D eigenvalue weighted by atomic mass is 9.83. The topological polar surface area (TPSA) is 49.3 Å². The molecule has 0 bridgehead atoms. The number of phenols is 1. The largest absolute Gasteiger partial charge is 0.508 e. The lowest BCUT2D eigenvalue weighted by Crippen LogP contribution is -2.46. The van der Waals surface area contributed by atoms with Gasteiger partial charge in [-0.3, -0.25) is 4.79 Å². The number of aromatic hydroxyl groups is 1. The number of ketones is 1. The van der Waals surface area contributed by atoms with Gasteiger partial charge in [-0.2, -0.15) is 0 Å². The van der Waals surface area contributed by atoms with Crippen LogP contribution in [0.3, 0.4) is 0 Å². The van der Waals surface area contributed by atoms with Gasteiger partial charge in [-0.1, -0.05) is 18.2 Å². The number of carbonyl (C=O) groups excluding carboxylic acids is 1. The van der Waals surface area contributed by atoms with Crippen LogP contribution in [0.1, 0.15) is 25.3 Å². The summed E-state index contributed by atoms with van der Waals surface area (Å²) in [6.45, 7) is 2.64. The van der Waals surface area contributed by atoms with Gasteiger partial charge in [-0.05, 0) is 13.0 Å². The highest BCUT2D eigenvalue weighted by molar-refractivity contribution is 5.85. The standard InChI is InChI=1S/C12H15NO2.ClH/c1-12(8-9(14)6-7-13-12)10-4-2-3-5-11(10)15;/h2-5,13,15H,6-8H2,1H3;1H. The number of halogens is 1. The van der Waals surface area contributed by atoms with Gasteiger partial charge in [-0.15, -0.1) is 12.4 Å². The molecule has 0 amide bonds. The fourth-order valence-corrected chi connectivity index (χ4v) is 2.15. The van der Waals surface area contributed by atoms with Crippen LogP contribution in [0.2, 0.25) is 0 Å². The summed E-state index contributed by atoms with van der Waals surface area (Å²) in [5.74, 6) is 0.502. The summed E-state index contributed by atoms with van der Waals surface area (Å²) in [5.41, 5.74) is 0.388. The van der Waals surface area contributed by atoms with E-state index in [0.717, 1.165) is 5.56 Å². The second-order valence-corrected chi connectivity index (χ2v) is 4.24. The van der Waals surface area contributed by atoms with E-state index in [-0.39, 0.29) is 23.9 Å². The number of hydrogen-bond donors (Lipinski definition) is 2. The van der Waals surface area contributed by atoms with Gasteiger partial charge in [0.1, 0.15) is 11.5 Å². The molecule has 1 saturated heterocycles. The quantitative estimate of drug-likeness (QED) is 0.791. The fraction of sp³-hybridized carbons (Fsp3) is 0.417. The lowest BCUT2D eigenvalue weighted by molar-refractivity contribution is -0.122. The molecule has 1 fully saturated rings. The van der Waals surface area contributed by atoms with E-state index < -0.39 is 5.54 Å². The van der Waals surface area contributed by atoms with Gasteiger partial charge in [0.05, 0.1) is 5.54 Å². The van der Waals surface area contributed by atoms with Crippen molar-refractivity contribution in [3.63, 3.8) is 0 Å². The molecule has 2 N–H and O–H groups in total. The minimum atomic E-state index is -0.416. The molecule has 0 radical (unpaired) electrons. The van der Waals surface area contributed by atoms with Crippen LogP contribution in [-0.4, -0.2) is 17.4 Å².